The lowest BCUT2D eigenvalue weighted by molar-refractivity contribution is -0.153. The topological polar surface area (TPSA) is 58.6 Å². The first kappa shape index (κ1) is 21.2. The van der Waals surface area contributed by atoms with Crippen LogP contribution in [0.15, 0.2) is 35.7 Å². The number of nitrogens with zero attached hydrogens (tertiary/aromatic N) is 1. The molecule has 9 heteroatoms. The van der Waals surface area contributed by atoms with Crippen LogP contribution in [0, 0.1) is 0 Å². The predicted octanol–water partition coefficient (Wildman–Crippen LogP) is 3.67. The fourth-order valence-corrected chi connectivity index (χ4v) is 3.93. The molecule has 1 aliphatic heterocycles. The zero-order valence-electron chi connectivity index (χ0n) is 15.6. The number of hydrogen-bond acceptors (Lipinski definition) is 4. The summed E-state index contributed by atoms with van der Waals surface area (Å²) in [6.45, 7) is 0.0369. The predicted molar refractivity (Wildman–Crippen MR) is 103 cm³/mol. The van der Waals surface area contributed by atoms with E-state index in [9.17, 15) is 22.8 Å². The fourth-order valence-electron chi connectivity index (χ4n) is 3.04. The molecule has 0 fully saturated rings. The van der Waals surface area contributed by atoms with Gasteiger partial charge in [-0.2, -0.15) is 13.2 Å². The van der Waals surface area contributed by atoms with Crippen molar-refractivity contribution in [3.8, 4) is 5.75 Å². The highest BCUT2D eigenvalue weighted by atomic mass is 32.1. The number of amides is 2. The monoisotopic (exact) mass is 426 g/mol. The van der Waals surface area contributed by atoms with Gasteiger partial charge in [0.1, 0.15) is 5.75 Å². The molecule has 1 aromatic heterocycles. The number of fused-ring (bicyclic) bond motifs is 1. The molecule has 0 bridgehead atoms. The normalized spacial score (nSPS) is 13.7. The molecular formula is C20H21F3N2O3S. The highest BCUT2D eigenvalue weighted by Gasteiger charge is 2.28. The molecule has 0 radical (unpaired) electrons. The third kappa shape index (κ3) is 6.49. The van der Waals surface area contributed by atoms with Crippen LogP contribution in [0.3, 0.4) is 0 Å². The number of thiophene rings is 1. The first-order valence-electron chi connectivity index (χ1n) is 9.18. The van der Waals surface area contributed by atoms with Crippen LogP contribution in [-0.4, -0.2) is 36.0 Å². The van der Waals surface area contributed by atoms with Crippen molar-refractivity contribution in [1.82, 2.24) is 10.2 Å². The molecule has 1 aliphatic rings. The van der Waals surface area contributed by atoms with Crippen LogP contribution in [0.4, 0.5) is 13.2 Å². The number of carbonyl (C=O) groups is 2. The first-order valence-corrected chi connectivity index (χ1v) is 10.1. The quantitative estimate of drug-likeness (QED) is 0.735. The highest BCUT2D eigenvalue weighted by molar-refractivity contribution is 7.10. The Labute approximate surface area is 170 Å². The zero-order valence-corrected chi connectivity index (χ0v) is 16.4. The Morgan fingerprint density at radius 3 is 2.83 bits per heavy atom. The summed E-state index contributed by atoms with van der Waals surface area (Å²) in [6.07, 6.45) is -3.37. The molecule has 2 aromatic rings. The molecule has 29 heavy (non-hydrogen) atoms. The molecule has 5 nitrogen and oxygen atoms in total. The Bertz CT molecular complexity index is 867. The van der Waals surface area contributed by atoms with E-state index in [1.54, 1.807) is 28.4 Å². The van der Waals surface area contributed by atoms with Crippen molar-refractivity contribution in [3.63, 3.8) is 0 Å². The Morgan fingerprint density at radius 2 is 2.03 bits per heavy atom. The van der Waals surface area contributed by atoms with E-state index in [-0.39, 0.29) is 37.0 Å². The number of benzene rings is 1. The number of carbonyl (C=O) groups excluding carboxylic acids is 2. The molecule has 156 valence electrons. The molecular weight excluding hydrogens is 405 g/mol. The van der Waals surface area contributed by atoms with Crippen LogP contribution in [0.1, 0.15) is 28.8 Å². The van der Waals surface area contributed by atoms with Gasteiger partial charge in [-0.25, -0.2) is 0 Å². The molecule has 2 heterocycles. The molecule has 2 amide bonds. The molecule has 0 saturated carbocycles. The van der Waals surface area contributed by atoms with Crippen LogP contribution in [-0.2, 0) is 29.1 Å². The molecule has 0 unspecified atom stereocenters. The van der Waals surface area contributed by atoms with Crippen molar-refractivity contribution < 1.29 is 27.5 Å². The second-order valence-corrected chi connectivity index (χ2v) is 7.76. The number of halogens is 3. The van der Waals surface area contributed by atoms with Crippen LogP contribution in [0.5, 0.6) is 5.75 Å². The maximum Gasteiger partial charge on any atom is 0.422 e. The van der Waals surface area contributed by atoms with Crippen molar-refractivity contribution >= 4 is 23.2 Å². The van der Waals surface area contributed by atoms with Gasteiger partial charge < -0.3 is 15.0 Å². The molecule has 1 N–H and O–H groups in total. The second kappa shape index (κ2) is 9.30. The van der Waals surface area contributed by atoms with Gasteiger partial charge in [0.15, 0.2) is 6.61 Å². The van der Waals surface area contributed by atoms with Gasteiger partial charge in [0.2, 0.25) is 11.8 Å². The van der Waals surface area contributed by atoms with Crippen LogP contribution in [0.25, 0.3) is 0 Å². The minimum absolute atomic E-state index is 0.0560. The van der Waals surface area contributed by atoms with Gasteiger partial charge in [-0.15, -0.1) is 11.3 Å². The maximum atomic E-state index is 12.3. The largest absolute Gasteiger partial charge is 0.484 e. The second-order valence-electron chi connectivity index (χ2n) is 6.76. The van der Waals surface area contributed by atoms with E-state index in [0.29, 0.717) is 18.7 Å². The van der Waals surface area contributed by atoms with E-state index < -0.39 is 12.8 Å². The van der Waals surface area contributed by atoms with E-state index in [1.165, 1.54) is 22.6 Å². The Morgan fingerprint density at radius 1 is 1.21 bits per heavy atom. The molecule has 0 saturated heterocycles. The number of rotatable bonds is 7. The summed E-state index contributed by atoms with van der Waals surface area (Å²) in [4.78, 5) is 27.5. The van der Waals surface area contributed by atoms with Gasteiger partial charge in [-0.1, -0.05) is 12.1 Å². The SMILES string of the molecule is O=C(CCC(=O)N1CCc2sccc2C1)NCc1cccc(OCC(F)(F)F)c1. The molecule has 1 aromatic carbocycles. The average Bonchev–Trinajstić information content (AvgIpc) is 3.16. The molecule has 0 atom stereocenters. The molecule has 0 aliphatic carbocycles. The molecule has 3 rings (SSSR count). The summed E-state index contributed by atoms with van der Waals surface area (Å²) in [7, 11) is 0. The smallest absolute Gasteiger partial charge is 0.422 e. The minimum atomic E-state index is -4.41. The van der Waals surface area contributed by atoms with Crippen LogP contribution < -0.4 is 10.1 Å². The first-order chi connectivity index (χ1) is 13.8. The van der Waals surface area contributed by atoms with Crippen molar-refractivity contribution in [2.45, 2.75) is 38.5 Å². The highest BCUT2D eigenvalue weighted by Crippen LogP contribution is 2.24. The van der Waals surface area contributed by atoms with Crippen molar-refractivity contribution in [2.75, 3.05) is 13.2 Å². The van der Waals surface area contributed by atoms with E-state index in [2.05, 4.69) is 5.32 Å². The van der Waals surface area contributed by atoms with Gasteiger partial charge in [-0.05, 0) is 41.1 Å². The number of nitrogens with one attached hydrogen (secondary N) is 1. The lowest BCUT2D eigenvalue weighted by Gasteiger charge is -2.27. The van der Waals surface area contributed by atoms with Crippen molar-refractivity contribution in [1.29, 1.82) is 0 Å². The minimum Gasteiger partial charge on any atom is -0.484 e. The Balaban J connectivity index is 1.40. The van der Waals surface area contributed by atoms with E-state index in [0.717, 1.165) is 6.42 Å². The summed E-state index contributed by atoms with van der Waals surface area (Å²) in [6, 6.07) is 8.14. The summed E-state index contributed by atoms with van der Waals surface area (Å²) in [5.74, 6) is -0.255. The van der Waals surface area contributed by atoms with Gasteiger partial charge >= 0.3 is 6.18 Å². The number of alkyl halides is 3. The summed E-state index contributed by atoms with van der Waals surface area (Å²) >= 11 is 1.70. The molecule has 0 spiro atoms. The average molecular weight is 426 g/mol. The zero-order chi connectivity index (χ0) is 20.9. The van der Waals surface area contributed by atoms with E-state index in [1.807, 2.05) is 11.4 Å². The Hall–Kier alpha value is -2.55. The van der Waals surface area contributed by atoms with Crippen molar-refractivity contribution in [3.05, 3.63) is 51.7 Å². The van der Waals surface area contributed by atoms with Gasteiger partial charge in [0.05, 0.1) is 0 Å². The van der Waals surface area contributed by atoms with Gasteiger partial charge in [-0.3, -0.25) is 9.59 Å². The lowest BCUT2D eigenvalue weighted by atomic mass is 10.1. The maximum absolute atomic E-state index is 12.3. The van der Waals surface area contributed by atoms with Crippen LogP contribution in [0.2, 0.25) is 0 Å². The lowest BCUT2D eigenvalue weighted by Crippen LogP contribution is -2.36. The standard InChI is InChI=1S/C20H21F3N2O3S/c21-20(22,23)13-28-16-3-1-2-14(10-16)11-24-18(26)4-5-19(27)25-8-6-17-15(12-25)7-9-29-17/h1-3,7,9-10H,4-6,8,11-13H2,(H,24,26). The van der Waals surface area contributed by atoms with E-state index in [4.69, 9.17) is 4.74 Å². The third-order valence-electron chi connectivity index (χ3n) is 4.52. The van der Waals surface area contributed by atoms with E-state index >= 15 is 0 Å². The Kier molecular flexibility index (Phi) is 6.79. The number of hydrogen-bond donors (Lipinski definition) is 1. The van der Waals surface area contributed by atoms with Gasteiger partial charge in [0.25, 0.3) is 0 Å². The third-order valence-corrected chi connectivity index (χ3v) is 5.54. The van der Waals surface area contributed by atoms with Crippen molar-refractivity contribution in [2.24, 2.45) is 0 Å². The summed E-state index contributed by atoms with van der Waals surface area (Å²) in [5, 5.41) is 4.71. The number of ether oxygens (including phenoxy) is 1. The fraction of sp³-hybridized carbons (Fsp3) is 0.400. The summed E-state index contributed by atoms with van der Waals surface area (Å²) < 4.78 is 41.4. The van der Waals surface area contributed by atoms with Crippen LogP contribution >= 0.6 is 11.3 Å². The van der Waals surface area contributed by atoms with Gasteiger partial charge in [0, 0.05) is 37.4 Å². The summed E-state index contributed by atoms with van der Waals surface area (Å²) in [5.41, 5.74) is 1.79.